The molecule has 0 aliphatic carbocycles. The Balaban J connectivity index is 1.27. The Morgan fingerprint density at radius 3 is 2.66 bits per heavy atom. The Morgan fingerprint density at radius 2 is 1.87 bits per heavy atom. The highest BCUT2D eigenvalue weighted by Crippen LogP contribution is 2.35. The van der Waals surface area contributed by atoms with Gasteiger partial charge in [-0.15, -0.1) is 0 Å². The van der Waals surface area contributed by atoms with Gasteiger partial charge in [-0.3, -0.25) is 24.7 Å². The van der Waals surface area contributed by atoms with Crippen molar-refractivity contribution in [2.45, 2.75) is 31.2 Å². The summed E-state index contributed by atoms with van der Waals surface area (Å²) in [5, 5.41) is 14.3. The first-order chi connectivity index (χ1) is 18.4. The summed E-state index contributed by atoms with van der Waals surface area (Å²) in [6.07, 6.45) is 0.316. The summed E-state index contributed by atoms with van der Waals surface area (Å²) >= 11 is 1.29. The summed E-state index contributed by atoms with van der Waals surface area (Å²) in [5.41, 5.74) is 2.90. The number of nitro benzene ring substituents is 1. The van der Waals surface area contributed by atoms with Crippen LogP contribution in [0.2, 0.25) is 0 Å². The number of halogens is 1. The first-order valence-corrected chi connectivity index (χ1v) is 12.8. The minimum atomic E-state index is -0.740. The van der Waals surface area contributed by atoms with E-state index in [1.165, 1.54) is 40.9 Å². The van der Waals surface area contributed by atoms with Crippen LogP contribution in [0.1, 0.15) is 29.5 Å². The van der Waals surface area contributed by atoms with E-state index in [0.717, 1.165) is 16.7 Å². The van der Waals surface area contributed by atoms with Crippen molar-refractivity contribution in [1.29, 1.82) is 0 Å². The first kappa shape index (κ1) is 25.3. The molecule has 2 aliphatic rings. The molecule has 192 valence electrons. The van der Waals surface area contributed by atoms with Crippen molar-refractivity contribution in [2.75, 3.05) is 0 Å². The summed E-state index contributed by atoms with van der Waals surface area (Å²) in [5.74, 6) is 0.00517. The molecule has 3 aromatic carbocycles. The Labute approximate surface area is 221 Å². The molecular weight excluding hydrogens is 509 g/mol. The Kier molecular flexibility index (Phi) is 7.27. The average Bonchev–Trinajstić information content (AvgIpc) is 3.27. The van der Waals surface area contributed by atoms with Gasteiger partial charge in [0.25, 0.3) is 11.6 Å². The molecule has 5 rings (SSSR count). The second kappa shape index (κ2) is 10.9. The monoisotopic (exact) mass is 531 g/mol. The summed E-state index contributed by atoms with van der Waals surface area (Å²) in [7, 11) is 0. The number of hydrogen-bond donors (Lipinski definition) is 1. The SMILES string of the molecule is O=C(CC[C@H]1N=C2c3ccccc3N=C(SCc3cccc([N+](=O)[O-])c3)N2C1=O)NCc1ccc(F)cc1. The van der Waals surface area contributed by atoms with Crippen LogP contribution in [0.4, 0.5) is 15.8 Å². The molecule has 0 unspecified atom stereocenters. The fourth-order valence-corrected chi connectivity index (χ4v) is 5.10. The van der Waals surface area contributed by atoms with Crippen molar-refractivity contribution in [1.82, 2.24) is 10.2 Å². The van der Waals surface area contributed by atoms with Gasteiger partial charge in [0, 0.05) is 36.4 Å². The minimum absolute atomic E-state index is 0.00343. The molecule has 1 atom stereocenters. The molecule has 9 nitrogen and oxygen atoms in total. The summed E-state index contributed by atoms with van der Waals surface area (Å²) < 4.78 is 13.1. The van der Waals surface area contributed by atoms with Gasteiger partial charge in [0.1, 0.15) is 17.7 Å². The van der Waals surface area contributed by atoms with Crippen LogP contribution in [0.5, 0.6) is 0 Å². The Morgan fingerprint density at radius 1 is 1.08 bits per heavy atom. The molecule has 38 heavy (non-hydrogen) atoms. The van der Waals surface area contributed by atoms with Gasteiger partial charge < -0.3 is 5.32 Å². The van der Waals surface area contributed by atoms with E-state index in [4.69, 9.17) is 0 Å². The van der Waals surface area contributed by atoms with E-state index in [-0.39, 0.29) is 42.7 Å². The number of amidine groups is 2. The van der Waals surface area contributed by atoms with Crippen molar-refractivity contribution in [3.63, 3.8) is 0 Å². The number of non-ortho nitro benzene ring substituents is 1. The number of nitrogens with one attached hydrogen (secondary N) is 1. The lowest BCUT2D eigenvalue weighted by molar-refractivity contribution is -0.384. The standard InChI is InChI=1S/C27H22FN5O4S/c28-19-10-8-17(9-11-19)15-29-24(34)13-12-23-26(35)32-25(30-23)21-6-1-2-7-22(21)31-27(32)38-16-18-4-3-5-20(14-18)33(36)37/h1-11,14,23H,12-13,15-16H2,(H,29,34)/t23-/m1/s1. The second-order valence-corrected chi connectivity index (χ2v) is 9.65. The maximum absolute atomic E-state index is 13.4. The Bertz CT molecular complexity index is 1470. The molecule has 0 saturated carbocycles. The van der Waals surface area contributed by atoms with Crippen LogP contribution in [0.3, 0.4) is 0 Å². The summed E-state index contributed by atoms with van der Waals surface area (Å²) in [6.45, 7) is 0.261. The zero-order chi connectivity index (χ0) is 26.6. The van der Waals surface area contributed by atoms with E-state index in [1.807, 2.05) is 24.3 Å². The Hall–Kier alpha value is -4.38. The fourth-order valence-electron chi connectivity index (χ4n) is 4.15. The number of thioether (sulfide) groups is 1. The third-order valence-electron chi connectivity index (χ3n) is 6.08. The molecule has 2 amide bonds. The number of rotatable bonds is 8. The van der Waals surface area contributed by atoms with Crippen molar-refractivity contribution in [3.8, 4) is 0 Å². The van der Waals surface area contributed by atoms with Crippen molar-refractivity contribution >= 4 is 46.0 Å². The van der Waals surface area contributed by atoms with Crippen LogP contribution >= 0.6 is 11.8 Å². The van der Waals surface area contributed by atoms with Gasteiger partial charge in [-0.05, 0) is 41.8 Å². The number of fused-ring (bicyclic) bond motifs is 3. The van der Waals surface area contributed by atoms with Crippen LogP contribution < -0.4 is 5.32 Å². The van der Waals surface area contributed by atoms with E-state index < -0.39 is 11.0 Å². The third kappa shape index (κ3) is 5.47. The van der Waals surface area contributed by atoms with E-state index in [0.29, 0.717) is 22.4 Å². The largest absolute Gasteiger partial charge is 0.352 e. The molecule has 0 radical (unpaired) electrons. The van der Waals surface area contributed by atoms with Crippen molar-refractivity contribution in [3.05, 3.63) is 105 Å². The molecule has 0 aromatic heterocycles. The number of carbonyl (C=O) groups is 2. The number of benzene rings is 3. The summed E-state index contributed by atoms with van der Waals surface area (Å²) in [4.78, 5) is 47.3. The van der Waals surface area contributed by atoms with E-state index >= 15 is 0 Å². The average molecular weight is 532 g/mol. The van der Waals surface area contributed by atoms with Gasteiger partial charge in [0.15, 0.2) is 5.17 Å². The van der Waals surface area contributed by atoms with Gasteiger partial charge in [-0.1, -0.05) is 48.2 Å². The predicted molar refractivity (Wildman–Crippen MR) is 143 cm³/mol. The quantitative estimate of drug-likeness (QED) is 0.333. The molecule has 2 heterocycles. The van der Waals surface area contributed by atoms with Gasteiger partial charge in [0.05, 0.1) is 10.6 Å². The van der Waals surface area contributed by atoms with Crippen LogP contribution in [-0.2, 0) is 21.9 Å². The highest BCUT2D eigenvalue weighted by molar-refractivity contribution is 8.13. The normalized spacial score (nSPS) is 15.9. The molecule has 3 aromatic rings. The number of hydrogen-bond acceptors (Lipinski definition) is 7. The first-order valence-electron chi connectivity index (χ1n) is 11.9. The lowest BCUT2D eigenvalue weighted by Gasteiger charge is -2.25. The van der Waals surface area contributed by atoms with E-state index in [2.05, 4.69) is 15.3 Å². The maximum Gasteiger partial charge on any atom is 0.269 e. The zero-order valence-electron chi connectivity index (χ0n) is 20.0. The third-order valence-corrected chi connectivity index (χ3v) is 7.09. The van der Waals surface area contributed by atoms with Crippen molar-refractivity contribution in [2.24, 2.45) is 9.98 Å². The lowest BCUT2D eigenvalue weighted by atomic mass is 10.1. The van der Waals surface area contributed by atoms with Gasteiger partial charge in [-0.25, -0.2) is 14.3 Å². The predicted octanol–water partition coefficient (Wildman–Crippen LogP) is 4.72. The smallest absolute Gasteiger partial charge is 0.269 e. The van der Waals surface area contributed by atoms with E-state index in [9.17, 15) is 24.1 Å². The minimum Gasteiger partial charge on any atom is -0.352 e. The van der Waals surface area contributed by atoms with Crippen LogP contribution in [0.15, 0.2) is 82.8 Å². The van der Waals surface area contributed by atoms with Crippen LogP contribution in [0, 0.1) is 15.9 Å². The molecule has 11 heteroatoms. The van der Waals surface area contributed by atoms with E-state index in [1.54, 1.807) is 24.3 Å². The number of carbonyl (C=O) groups excluding carboxylic acids is 2. The zero-order valence-corrected chi connectivity index (χ0v) is 20.9. The number of nitrogens with zero attached hydrogens (tertiary/aromatic N) is 4. The summed E-state index contributed by atoms with van der Waals surface area (Å²) in [6, 6.07) is 18.8. The number of para-hydroxylation sites is 1. The molecular formula is C27H22FN5O4S. The van der Waals surface area contributed by atoms with Crippen molar-refractivity contribution < 1.29 is 18.9 Å². The lowest BCUT2D eigenvalue weighted by Crippen LogP contribution is -2.41. The molecule has 0 saturated heterocycles. The molecule has 1 N–H and O–H groups in total. The van der Waals surface area contributed by atoms with Gasteiger partial charge in [0.2, 0.25) is 5.91 Å². The number of aliphatic imine (C=N–C) groups is 2. The number of amides is 2. The topological polar surface area (TPSA) is 117 Å². The van der Waals surface area contributed by atoms with Crippen LogP contribution in [-0.4, -0.2) is 38.7 Å². The fraction of sp³-hybridized carbons (Fsp3) is 0.185. The molecule has 0 spiro atoms. The highest BCUT2D eigenvalue weighted by Gasteiger charge is 2.41. The molecule has 2 aliphatic heterocycles. The van der Waals surface area contributed by atoms with Crippen LogP contribution in [0.25, 0.3) is 0 Å². The highest BCUT2D eigenvalue weighted by atomic mass is 32.2. The molecule has 0 bridgehead atoms. The van der Waals surface area contributed by atoms with Gasteiger partial charge in [-0.2, -0.15) is 0 Å². The second-order valence-electron chi connectivity index (χ2n) is 8.71. The number of nitro groups is 1. The molecule has 0 fully saturated rings. The maximum atomic E-state index is 13.4. The van der Waals surface area contributed by atoms with Gasteiger partial charge >= 0.3 is 0 Å².